The highest BCUT2D eigenvalue weighted by Gasteiger charge is 2.36. The second-order valence-corrected chi connectivity index (χ2v) is 7.80. The SMILES string of the molecule is CC(OC(=O)c1ccccc1)=C(C)C(C)(C)C1CCCc2ccccc21. The molecule has 2 aromatic carbocycles. The molecule has 1 unspecified atom stereocenters. The lowest BCUT2D eigenvalue weighted by Crippen LogP contribution is -2.28. The summed E-state index contributed by atoms with van der Waals surface area (Å²) in [4.78, 5) is 12.4. The van der Waals surface area contributed by atoms with Crippen LogP contribution in [0.4, 0.5) is 0 Å². The first-order valence-corrected chi connectivity index (χ1v) is 9.44. The monoisotopic (exact) mass is 348 g/mol. The van der Waals surface area contributed by atoms with Gasteiger partial charge >= 0.3 is 5.97 Å². The first-order chi connectivity index (χ1) is 12.4. The van der Waals surface area contributed by atoms with E-state index < -0.39 is 0 Å². The normalized spacial score (nSPS) is 17.9. The van der Waals surface area contributed by atoms with Gasteiger partial charge in [-0.15, -0.1) is 0 Å². The van der Waals surface area contributed by atoms with Gasteiger partial charge in [-0.05, 0) is 73.3 Å². The van der Waals surface area contributed by atoms with Crippen molar-refractivity contribution in [3.8, 4) is 0 Å². The first kappa shape index (κ1) is 18.4. The summed E-state index contributed by atoms with van der Waals surface area (Å²) in [6, 6.07) is 17.9. The standard InChI is InChI=1S/C24H28O2/c1-17(18(2)26-23(25)20-12-6-5-7-13-20)24(3,4)22-16-10-14-19-11-8-9-15-21(19)22/h5-9,11-13,15,22H,10,14,16H2,1-4H3. The fourth-order valence-corrected chi connectivity index (χ4v) is 4.07. The van der Waals surface area contributed by atoms with Crippen LogP contribution < -0.4 is 0 Å². The summed E-state index contributed by atoms with van der Waals surface area (Å²) >= 11 is 0. The number of hydrogen-bond acceptors (Lipinski definition) is 2. The summed E-state index contributed by atoms with van der Waals surface area (Å²) in [7, 11) is 0. The molecule has 1 aliphatic rings. The molecule has 0 radical (unpaired) electrons. The summed E-state index contributed by atoms with van der Waals surface area (Å²) in [6.45, 7) is 8.56. The van der Waals surface area contributed by atoms with E-state index in [2.05, 4.69) is 45.0 Å². The largest absolute Gasteiger partial charge is 0.428 e. The third-order valence-corrected chi connectivity index (χ3v) is 5.99. The zero-order valence-corrected chi connectivity index (χ0v) is 16.2. The number of rotatable bonds is 4. The summed E-state index contributed by atoms with van der Waals surface area (Å²) < 4.78 is 5.70. The number of aryl methyl sites for hydroxylation is 1. The van der Waals surface area contributed by atoms with Gasteiger partial charge in [0.05, 0.1) is 5.56 Å². The van der Waals surface area contributed by atoms with Crippen molar-refractivity contribution in [2.75, 3.05) is 0 Å². The maximum Gasteiger partial charge on any atom is 0.343 e. The molecule has 3 rings (SSSR count). The van der Waals surface area contributed by atoms with Gasteiger partial charge in [-0.2, -0.15) is 0 Å². The third-order valence-electron chi connectivity index (χ3n) is 5.99. The van der Waals surface area contributed by atoms with Crippen molar-refractivity contribution in [3.05, 3.63) is 82.6 Å². The van der Waals surface area contributed by atoms with E-state index >= 15 is 0 Å². The van der Waals surface area contributed by atoms with E-state index in [0.29, 0.717) is 17.2 Å². The fraction of sp³-hybridized carbons (Fsp3) is 0.375. The van der Waals surface area contributed by atoms with Gasteiger partial charge in [0, 0.05) is 0 Å². The van der Waals surface area contributed by atoms with Crippen LogP contribution in [0.1, 0.15) is 67.9 Å². The maximum absolute atomic E-state index is 12.4. The predicted octanol–water partition coefficient (Wildman–Crippen LogP) is 6.28. The fourth-order valence-electron chi connectivity index (χ4n) is 4.07. The lowest BCUT2D eigenvalue weighted by molar-refractivity contribution is 0.0615. The number of benzene rings is 2. The summed E-state index contributed by atoms with van der Waals surface area (Å²) in [5.41, 5.74) is 4.56. The molecular formula is C24H28O2. The van der Waals surface area contributed by atoms with E-state index in [9.17, 15) is 4.79 Å². The molecule has 26 heavy (non-hydrogen) atoms. The average molecular weight is 348 g/mol. The Morgan fingerprint density at radius 2 is 1.65 bits per heavy atom. The molecule has 1 aliphatic carbocycles. The van der Waals surface area contributed by atoms with Gasteiger partial charge in [0.2, 0.25) is 0 Å². The Hall–Kier alpha value is -2.35. The minimum atomic E-state index is -0.290. The molecule has 0 saturated heterocycles. The molecular weight excluding hydrogens is 320 g/mol. The van der Waals surface area contributed by atoms with Crippen LogP contribution in [0.3, 0.4) is 0 Å². The van der Waals surface area contributed by atoms with Crippen molar-refractivity contribution in [2.45, 2.75) is 52.9 Å². The van der Waals surface area contributed by atoms with Crippen LogP contribution in [0.25, 0.3) is 0 Å². The number of allylic oxidation sites excluding steroid dienone is 2. The lowest BCUT2D eigenvalue weighted by atomic mass is 9.65. The molecule has 0 aromatic heterocycles. The predicted molar refractivity (Wildman–Crippen MR) is 106 cm³/mol. The van der Waals surface area contributed by atoms with Crippen LogP contribution in [0.2, 0.25) is 0 Å². The minimum absolute atomic E-state index is 0.0719. The summed E-state index contributed by atoms with van der Waals surface area (Å²) in [6.07, 6.45) is 3.54. The zero-order chi connectivity index (χ0) is 18.7. The Labute approximate surface area is 156 Å². The maximum atomic E-state index is 12.4. The van der Waals surface area contributed by atoms with Gasteiger partial charge in [0.25, 0.3) is 0 Å². The molecule has 0 heterocycles. The highest BCUT2D eigenvalue weighted by atomic mass is 16.5. The van der Waals surface area contributed by atoms with E-state index in [1.165, 1.54) is 24.0 Å². The van der Waals surface area contributed by atoms with E-state index in [1.807, 2.05) is 25.1 Å². The molecule has 2 nitrogen and oxygen atoms in total. The number of ether oxygens (including phenoxy) is 1. The molecule has 136 valence electrons. The van der Waals surface area contributed by atoms with Crippen LogP contribution in [0.15, 0.2) is 65.9 Å². The van der Waals surface area contributed by atoms with Gasteiger partial charge in [-0.3, -0.25) is 0 Å². The van der Waals surface area contributed by atoms with Crippen molar-refractivity contribution < 1.29 is 9.53 Å². The van der Waals surface area contributed by atoms with Crippen molar-refractivity contribution in [3.63, 3.8) is 0 Å². The molecule has 0 spiro atoms. The van der Waals surface area contributed by atoms with Gasteiger partial charge in [-0.25, -0.2) is 4.79 Å². The Morgan fingerprint density at radius 3 is 2.38 bits per heavy atom. The first-order valence-electron chi connectivity index (χ1n) is 9.44. The van der Waals surface area contributed by atoms with Crippen molar-refractivity contribution in [1.29, 1.82) is 0 Å². The molecule has 0 N–H and O–H groups in total. The molecule has 2 heteroatoms. The van der Waals surface area contributed by atoms with Crippen LogP contribution in [0, 0.1) is 5.41 Å². The number of fused-ring (bicyclic) bond motifs is 1. The Bertz CT molecular complexity index is 815. The van der Waals surface area contributed by atoms with Crippen LogP contribution in [-0.2, 0) is 11.2 Å². The Balaban J connectivity index is 1.86. The van der Waals surface area contributed by atoms with Crippen molar-refractivity contribution in [1.82, 2.24) is 0 Å². The quantitative estimate of drug-likeness (QED) is 0.480. The smallest absolute Gasteiger partial charge is 0.343 e. The van der Waals surface area contributed by atoms with E-state index in [-0.39, 0.29) is 11.4 Å². The second-order valence-electron chi connectivity index (χ2n) is 7.80. The average Bonchev–Trinajstić information content (AvgIpc) is 2.67. The summed E-state index contributed by atoms with van der Waals surface area (Å²) in [5, 5.41) is 0. The second kappa shape index (κ2) is 7.49. The molecule has 0 bridgehead atoms. The highest BCUT2D eigenvalue weighted by Crippen LogP contribution is 2.48. The lowest BCUT2D eigenvalue weighted by Gasteiger charge is -2.40. The zero-order valence-electron chi connectivity index (χ0n) is 16.2. The Kier molecular flexibility index (Phi) is 5.31. The molecule has 2 aromatic rings. The number of carbonyl (C=O) groups is 1. The summed E-state index contributed by atoms with van der Waals surface area (Å²) in [5.74, 6) is 0.868. The molecule has 1 atom stereocenters. The van der Waals surface area contributed by atoms with Crippen molar-refractivity contribution in [2.24, 2.45) is 5.41 Å². The van der Waals surface area contributed by atoms with Crippen LogP contribution in [-0.4, -0.2) is 5.97 Å². The van der Waals surface area contributed by atoms with Gasteiger partial charge < -0.3 is 4.74 Å². The van der Waals surface area contributed by atoms with E-state index in [0.717, 1.165) is 12.0 Å². The molecule has 0 aliphatic heterocycles. The third kappa shape index (κ3) is 3.60. The number of esters is 1. The van der Waals surface area contributed by atoms with E-state index in [1.54, 1.807) is 12.1 Å². The van der Waals surface area contributed by atoms with E-state index in [4.69, 9.17) is 4.74 Å². The molecule has 0 amide bonds. The van der Waals surface area contributed by atoms with Gasteiger partial charge in [0.15, 0.2) is 0 Å². The van der Waals surface area contributed by atoms with Gasteiger partial charge in [-0.1, -0.05) is 56.3 Å². The van der Waals surface area contributed by atoms with Crippen LogP contribution >= 0.6 is 0 Å². The minimum Gasteiger partial charge on any atom is -0.428 e. The van der Waals surface area contributed by atoms with Crippen LogP contribution in [0.5, 0.6) is 0 Å². The number of carbonyl (C=O) groups excluding carboxylic acids is 1. The highest BCUT2D eigenvalue weighted by molar-refractivity contribution is 5.90. The topological polar surface area (TPSA) is 26.3 Å². The Morgan fingerprint density at radius 1 is 1.00 bits per heavy atom. The molecule has 0 saturated carbocycles. The van der Waals surface area contributed by atoms with Crippen molar-refractivity contribution >= 4 is 5.97 Å². The number of hydrogen-bond donors (Lipinski definition) is 0. The van der Waals surface area contributed by atoms with Gasteiger partial charge in [0.1, 0.15) is 5.76 Å². The molecule has 0 fully saturated rings.